The summed E-state index contributed by atoms with van der Waals surface area (Å²) in [6.45, 7) is 6.81. The molecule has 0 aromatic heterocycles. The third-order valence-electron chi connectivity index (χ3n) is 3.44. The van der Waals surface area contributed by atoms with E-state index in [1.165, 1.54) is 32.1 Å². The van der Waals surface area contributed by atoms with E-state index in [-0.39, 0.29) is 0 Å². The molecule has 1 fully saturated rings. The maximum absolute atomic E-state index is 2.42. The zero-order valence-electron chi connectivity index (χ0n) is 8.77. The molecule has 0 heteroatoms. The van der Waals surface area contributed by atoms with Crippen LogP contribution in [-0.4, -0.2) is 0 Å². The highest BCUT2D eigenvalue weighted by atomic mass is 14.3. The van der Waals surface area contributed by atoms with Crippen LogP contribution in [0.2, 0.25) is 0 Å². The van der Waals surface area contributed by atoms with Crippen LogP contribution in [0, 0.1) is 11.8 Å². The second kappa shape index (κ2) is 4.69. The molecule has 0 spiro atoms. The molecule has 0 heterocycles. The van der Waals surface area contributed by atoms with Crippen molar-refractivity contribution in [3.8, 4) is 0 Å². The second-order valence-electron chi connectivity index (χ2n) is 4.34. The topological polar surface area (TPSA) is 0 Å². The SMILES string of the molecule is C/C=C(/C)CCC(C)C1CCC1. The summed E-state index contributed by atoms with van der Waals surface area (Å²) in [6.07, 6.45) is 9.44. The van der Waals surface area contributed by atoms with Gasteiger partial charge in [0.05, 0.1) is 0 Å². The van der Waals surface area contributed by atoms with Crippen LogP contribution in [-0.2, 0) is 0 Å². The summed E-state index contributed by atoms with van der Waals surface area (Å²) in [7, 11) is 0. The first-order valence-corrected chi connectivity index (χ1v) is 5.36. The second-order valence-corrected chi connectivity index (χ2v) is 4.34. The van der Waals surface area contributed by atoms with E-state index in [0.717, 1.165) is 11.8 Å². The monoisotopic (exact) mass is 166 g/mol. The van der Waals surface area contributed by atoms with Crippen molar-refractivity contribution < 1.29 is 0 Å². The van der Waals surface area contributed by atoms with Gasteiger partial charge in [0.2, 0.25) is 0 Å². The Labute approximate surface area is 77.1 Å². The van der Waals surface area contributed by atoms with Crippen molar-refractivity contribution in [2.75, 3.05) is 0 Å². The van der Waals surface area contributed by atoms with Gasteiger partial charge in [0.1, 0.15) is 0 Å². The minimum atomic E-state index is 0.966. The molecule has 0 N–H and O–H groups in total. The Kier molecular flexibility index (Phi) is 3.84. The van der Waals surface area contributed by atoms with Gasteiger partial charge in [-0.15, -0.1) is 0 Å². The lowest BCUT2D eigenvalue weighted by Crippen LogP contribution is -2.19. The third-order valence-corrected chi connectivity index (χ3v) is 3.44. The highest BCUT2D eigenvalue weighted by Crippen LogP contribution is 2.35. The Hall–Kier alpha value is -0.260. The van der Waals surface area contributed by atoms with E-state index in [9.17, 15) is 0 Å². The van der Waals surface area contributed by atoms with Gasteiger partial charge in [-0.1, -0.05) is 37.8 Å². The molecule has 0 aromatic carbocycles. The third kappa shape index (κ3) is 2.66. The molecule has 1 aliphatic carbocycles. The molecule has 1 atom stereocenters. The maximum atomic E-state index is 2.42. The maximum Gasteiger partial charge on any atom is -0.0321 e. The van der Waals surface area contributed by atoms with Crippen LogP contribution in [0.5, 0.6) is 0 Å². The first kappa shape index (κ1) is 9.83. The molecule has 0 amide bonds. The molecule has 0 saturated heterocycles. The van der Waals surface area contributed by atoms with E-state index in [4.69, 9.17) is 0 Å². The van der Waals surface area contributed by atoms with Crippen molar-refractivity contribution in [3.05, 3.63) is 11.6 Å². The molecule has 70 valence electrons. The van der Waals surface area contributed by atoms with Gasteiger partial charge >= 0.3 is 0 Å². The Morgan fingerprint density at radius 3 is 2.58 bits per heavy atom. The summed E-state index contributed by atoms with van der Waals surface area (Å²) in [4.78, 5) is 0. The molecule has 0 nitrogen and oxygen atoms in total. The van der Waals surface area contributed by atoms with Gasteiger partial charge < -0.3 is 0 Å². The van der Waals surface area contributed by atoms with E-state index < -0.39 is 0 Å². The van der Waals surface area contributed by atoms with E-state index >= 15 is 0 Å². The van der Waals surface area contributed by atoms with Gasteiger partial charge in [0, 0.05) is 0 Å². The fourth-order valence-corrected chi connectivity index (χ4v) is 1.84. The minimum absolute atomic E-state index is 0.966. The molecule has 1 rings (SSSR count). The fourth-order valence-electron chi connectivity index (χ4n) is 1.84. The summed E-state index contributed by atoms with van der Waals surface area (Å²) >= 11 is 0. The zero-order valence-corrected chi connectivity index (χ0v) is 8.77. The molecule has 0 bridgehead atoms. The van der Waals surface area contributed by atoms with Gasteiger partial charge in [-0.05, 0) is 38.5 Å². The lowest BCUT2D eigenvalue weighted by Gasteiger charge is -2.31. The molecule has 1 unspecified atom stereocenters. The predicted octanol–water partition coefficient (Wildman–Crippen LogP) is 4.17. The normalized spacial score (nSPS) is 22.1. The molecular formula is C12H22. The van der Waals surface area contributed by atoms with Crippen LogP contribution in [0.15, 0.2) is 11.6 Å². The Morgan fingerprint density at radius 2 is 2.17 bits per heavy atom. The molecular weight excluding hydrogens is 144 g/mol. The van der Waals surface area contributed by atoms with Crippen molar-refractivity contribution in [2.24, 2.45) is 11.8 Å². The number of hydrogen-bond donors (Lipinski definition) is 0. The summed E-state index contributed by atoms with van der Waals surface area (Å²) in [5.41, 5.74) is 1.56. The van der Waals surface area contributed by atoms with Crippen molar-refractivity contribution >= 4 is 0 Å². The first-order valence-electron chi connectivity index (χ1n) is 5.36. The van der Waals surface area contributed by atoms with Crippen molar-refractivity contribution in [1.29, 1.82) is 0 Å². The van der Waals surface area contributed by atoms with Crippen molar-refractivity contribution in [3.63, 3.8) is 0 Å². The Morgan fingerprint density at radius 1 is 1.50 bits per heavy atom. The quantitative estimate of drug-likeness (QED) is 0.550. The highest BCUT2D eigenvalue weighted by molar-refractivity contribution is 4.95. The fraction of sp³-hybridized carbons (Fsp3) is 0.833. The number of hydrogen-bond acceptors (Lipinski definition) is 0. The van der Waals surface area contributed by atoms with E-state index in [1.54, 1.807) is 5.57 Å². The van der Waals surface area contributed by atoms with Gasteiger partial charge in [-0.3, -0.25) is 0 Å². The minimum Gasteiger partial charge on any atom is -0.0887 e. The smallest absolute Gasteiger partial charge is 0.0321 e. The van der Waals surface area contributed by atoms with Gasteiger partial charge in [-0.25, -0.2) is 0 Å². The lowest BCUT2D eigenvalue weighted by molar-refractivity contribution is 0.211. The van der Waals surface area contributed by atoms with Gasteiger partial charge in [0.15, 0.2) is 0 Å². The number of rotatable bonds is 4. The van der Waals surface area contributed by atoms with Gasteiger partial charge in [-0.2, -0.15) is 0 Å². The summed E-state index contributed by atoms with van der Waals surface area (Å²) in [5, 5.41) is 0. The predicted molar refractivity (Wildman–Crippen MR) is 55.2 cm³/mol. The van der Waals surface area contributed by atoms with Gasteiger partial charge in [0.25, 0.3) is 0 Å². The van der Waals surface area contributed by atoms with Crippen LogP contribution in [0.4, 0.5) is 0 Å². The van der Waals surface area contributed by atoms with E-state index in [1.807, 2.05) is 0 Å². The zero-order chi connectivity index (χ0) is 8.97. The summed E-state index contributed by atoms with van der Waals surface area (Å²) in [5.74, 6) is 2.03. The molecule has 12 heavy (non-hydrogen) atoms. The van der Waals surface area contributed by atoms with Crippen LogP contribution in [0.3, 0.4) is 0 Å². The molecule has 0 aromatic rings. The van der Waals surface area contributed by atoms with Crippen LogP contribution < -0.4 is 0 Å². The molecule has 0 radical (unpaired) electrons. The number of allylic oxidation sites excluding steroid dienone is 2. The van der Waals surface area contributed by atoms with E-state index in [0.29, 0.717) is 0 Å². The van der Waals surface area contributed by atoms with Crippen LogP contribution >= 0.6 is 0 Å². The first-order chi connectivity index (χ1) is 5.74. The summed E-state index contributed by atoms with van der Waals surface area (Å²) < 4.78 is 0. The average Bonchev–Trinajstić information content (AvgIpc) is 1.97. The standard InChI is InChI=1S/C12H22/c1-4-10(2)8-9-11(3)12-6-5-7-12/h4,11-12H,5-9H2,1-3H3/b10-4-. The molecule has 1 saturated carbocycles. The lowest BCUT2D eigenvalue weighted by atomic mass is 9.75. The Balaban J connectivity index is 2.13. The van der Waals surface area contributed by atoms with Crippen molar-refractivity contribution in [2.45, 2.75) is 52.9 Å². The Bertz CT molecular complexity index is 151. The average molecular weight is 166 g/mol. The highest BCUT2D eigenvalue weighted by Gasteiger charge is 2.23. The molecule has 1 aliphatic rings. The van der Waals surface area contributed by atoms with E-state index in [2.05, 4.69) is 26.8 Å². The largest absolute Gasteiger partial charge is 0.0887 e. The van der Waals surface area contributed by atoms with Crippen molar-refractivity contribution in [1.82, 2.24) is 0 Å². The molecule has 0 aliphatic heterocycles. The van der Waals surface area contributed by atoms with Crippen LogP contribution in [0.1, 0.15) is 52.9 Å². The van der Waals surface area contributed by atoms with Crippen LogP contribution in [0.25, 0.3) is 0 Å². The summed E-state index contributed by atoms with van der Waals surface area (Å²) in [6, 6.07) is 0.